The number of hydrogen-bond donors (Lipinski definition) is 3. The van der Waals surface area contributed by atoms with Crippen LogP contribution in [0.2, 0.25) is 0 Å². The van der Waals surface area contributed by atoms with Crippen LogP contribution in [0.25, 0.3) is 0 Å². The number of pyridine rings is 1. The van der Waals surface area contributed by atoms with Crippen LogP contribution in [0.4, 0.5) is 0 Å². The second-order valence-corrected chi connectivity index (χ2v) is 11.8. The molecule has 1 aromatic heterocycles. The molecule has 45 heavy (non-hydrogen) atoms. The highest BCUT2D eigenvalue weighted by Crippen LogP contribution is 2.29. The maximum absolute atomic E-state index is 13.6. The van der Waals surface area contributed by atoms with E-state index in [-0.39, 0.29) is 42.0 Å². The van der Waals surface area contributed by atoms with Crippen LogP contribution in [0.5, 0.6) is 17.2 Å². The number of carbonyl (C=O) groups excluding carboxylic acids is 3. The molecule has 11 nitrogen and oxygen atoms in total. The van der Waals surface area contributed by atoms with Crippen molar-refractivity contribution < 1.29 is 28.6 Å². The molecule has 0 saturated carbocycles. The van der Waals surface area contributed by atoms with Crippen LogP contribution >= 0.6 is 0 Å². The highest BCUT2D eigenvalue weighted by atomic mass is 16.5. The van der Waals surface area contributed by atoms with Crippen molar-refractivity contribution in [3.63, 3.8) is 0 Å². The molecule has 1 aliphatic carbocycles. The normalized spacial score (nSPS) is 20.5. The Morgan fingerprint density at radius 1 is 0.933 bits per heavy atom. The Morgan fingerprint density at radius 2 is 1.73 bits per heavy atom. The molecule has 236 valence electrons. The van der Waals surface area contributed by atoms with Gasteiger partial charge in [0.05, 0.1) is 13.2 Å². The van der Waals surface area contributed by atoms with Crippen molar-refractivity contribution in [2.75, 3.05) is 26.8 Å². The first-order chi connectivity index (χ1) is 21.9. The second kappa shape index (κ2) is 13.5. The van der Waals surface area contributed by atoms with Crippen LogP contribution < -0.4 is 30.4 Å². The van der Waals surface area contributed by atoms with E-state index in [4.69, 9.17) is 14.2 Å². The van der Waals surface area contributed by atoms with Crippen molar-refractivity contribution in [2.45, 2.75) is 63.6 Å². The van der Waals surface area contributed by atoms with E-state index in [9.17, 15) is 19.2 Å². The quantitative estimate of drug-likeness (QED) is 0.404. The van der Waals surface area contributed by atoms with Crippen molar-refractivity contribution in [2.24, 2.45) is 0 Å². The topological polar surface area (TPSA) is 139 Å². The Balaban J connectivity index is 1.24. The molecule has 6 heterocycles. The molecular weight excluding hydrogens is 576 g/mol. The molecule has 9 rings (SSSR count). The lowest BCUT2D eigenvalue weighted by Crippen LogP contribution is -2.59. The fourth-order valence-electron chi connectivity index (χ4n) is 6.18. The number of rotatable bonds is 2. The first-order valence-electron chi connectivity index (χ1n) is 15.5. The van der Waals surface area contributed by atoms with Crippen molar-refractivity contribution in [1.82, 2.24) is 20.5 Å². The Kier molecular flexibility index (Phi) is 9.04. The maximum Gasteiger partial charge on any atom is 0.261 e. The smallest absolute Gasteiger partial charge is 0.261 e. The molecule has 0 unspecified atom stereocenters. The lowest BCUT2D eigenvalue weighted by molar-refractivity contribution is -0.125. The standard InChI is InChI=1S/C34H38N4O7/c1-43-30-16-21-8-12-29(30)44-20-32(40)36-27-19-38(34(42)25-17-23-4-2-3-5-26(23)37-33(25)41)15-14-28(27)45-24-10-6-22(7-11-24)18-35-31(39)13-9-21/h6-8,10-12,16-17,27-28H,2-5,9,13-15,18-20H2,1H3,(H,35,39)(H,36,40)(H,37,41)/t27-,28-/m1/s1. The van der Waals surface area contributed by atoms with E-state index in [1.165, 1.54) is 7.11 Å². The minimum Gasteiger partial charge on any atom is -0.493 e. The Hall–Kier alpha value is -4.80. The van der Waals surface area contributed by atoms with E-state index in [1.54, 1.807) is 23.1 Å². The molecule has 1 saturated heterocycles. The zero-order valence-corrected chi connectivity index (χ0v) is 25.4. The van der Waals surface area contributed by atoms with Gasteiger partial charge in [-0.15, -0.1) is 0 Å². The molecule has 11 heteroatoms. The summed E-state index contributed by atoms with van der Waals surface area (Å²) < 4.78 is 17.7. The van der Waals surface area contributed by atoms with Gasteiger partial charge in [0.15, 0.2) is 18.1 Å². The van der Waals surface area contributed by atoms with E-state index in [0.29, 0.717) is 49.6 Å². The summed E-state index contributed by atoms with van der Waals surface area (Å²) >= 11 is 0. The molecule has 2 atom stereocenters. The predicted molar refractivity (Wildman–Crippen MR) is 166 cm³/mol. The molecule has 1 fully saturated rings. The summed E-state index contributed by atoms with van der Waals surface area (Å²) in [7, 11) is 1.52. The van der Waals surface area contributed by atoms with E-state index >= 15 is 0 Å². The van der Waals surface area contributed by atoms with Gasteiger partial charge >= 0.3 is 0 Å². The van der Waals surface area contributed by atoms with Gasteiger partial charge in [0, 0.05) is 38.2 Å². The first-order valence-corrected chi connectivity index (χ1v) is 15.5. The number of methoxy groups -OCH3 is 1. The summed E-state index contributed by atoms with van der Waals surface area (Å²) in [5, 5.41) is 5.96. The number of hydrogen-bond acceptors (Lipinski definition) is 7. The summed E-state index contributed by atoms with van der Waals surface area (Å²) in [5.74, 6) is 0.644. The van der Waals surface area contributed by atoms with Gasteiger partial charge in [-0.05, 0) is 79.1 Å². The highest BCUT2D eigenvalue weighted by molar-refractivity contribution is 5.94. The fraction of sp³-hybridized carbons (Fsp3) is 0.412. The number of likely N-dealkylation sites (tertiary alicyclic amines) is 1. The van der Waals surface area contributed by atoms with Crippen LogP contribution in [0.15, 0.2) is 53.3 Å². The summed E-state index contributed by atoms with van der Waals surface area (Å²) in [6.45, 7) is 0.620. The predicted octanol–water partition coefficient (Wildman–Crippen LogP) is 2.68. The van der Waals surface area contributed by atoms with E-state index in [1.807, 2.05) is 30.3 Å². The summed E-state index contributed by atoms with van der Waals surface area (Å²) in [4.78, 5) is 56.8. The average molecular weight is 615 g/mol. The van der Waals surface area contributed by atoms with Crippen LogP contribution in [0, 0.1) is 0 Å². The second-order valence-electron chi connectivity index (χ2n) is 11.8. The number of fused-ring (bicyclic) bond motifs is 1. The monoisotopic (exact) mass is 614 g/mol. The molecular formula is C34H38N4O7. The molecule has 0 radical (unpaired) electrons. The Bertz CT molecular complexity index is 1630. The fourth-order valence-corrected chi connectivity index (χ4v) is 6.18. The van der Waals surface area contributed by atoms with Crippen molar-refractivity contribution in [1.29, 1.82) is 0 Å². The minimum atomic E-state index is -0.565. The third-order valence-corrected chi connectivity index (χ3v) is 8.68. The number of aromatic nitrogens is 1. The maximum atomic E-state index is 13.6. The number of nitrogens with one attached hydrogen (secondary N) is 3. The van der Waals surface area contributed by atoms with Gasteiger partial charge < -0.3 is 34.7 Å². The number of H-pyrrole nitrogens is 1. The number of ether oxygens (including phenoxy) is 3. The molecule has 3 aromatic rings. The molecule has 0 spiro atoms. The SMILES string of the molecule is COc1cc2ccc1OCC(=O)N[C@@H]1CN(C(=O)c3cc4c([nH]c3=O)CCCC4)CC[C@H]1Oc1ccc(cc1)CNC(=O)CC2. The summed E-state index contributed by atoms with van der Waals surface area (Å²) in [6.07, 6.45) is 4.52. The van der Waals surface area contributed by atoms with Crippen LogP contribution in [0.3, 0.4) is 0 Å². The lowest BCUT2D eigenvalue weighted by atomic mass is 9.94. The number of aryl methyl sites for hydroxylation is 3. The third kappa shape index (κ3) is 7.13. The Labute approximate surface area is 261 Å². The van der Waals surface area contributed by atoms with Gasteiger partial charge in [-0.1, -0.05) is 18.2 Å². The van der Waals surface area contributed by atoms with E-state index in [2.05, 4.69) is 15.6 Å². The largest absolute Gasteiger partial charge is 0.493 e. The molecule has 3 amide bonds. The molecule has 4 bridgehead atoms. The number of benzene rings is 2. The Morgan fingerprint density at radius 3 is 2.56 bits per heavy atom. The van der Waals surface area contributed by atoms with Crippen LogP contribution in [-0.4, -0.2) is 66.6 Å². The molecule has 2 aromatic carbocycles. The number of aromatic amines is 1. The van der Waals surface area contributed by atoms with Crippen molar-refractivity contribution in [3.8, 4) is 17.2 Å². The third-order valence-electron chi connectivity index (χ3n) is 8.68. The van der Waals surface area contributed by atoms with Gasteiger partial charge in [-0.3, -0.25) is 19.2 Å². The summed E-state index contributed by atoms with van der Waals surface area (Å²) in [5.41, 5.74) is 3.49. The lowest BCUT2D eigenvalue weighted by Gasteiger charge is -2.38. The zero-order chi connectivity index (χ0) is 31.3. The van der Waals surface area contributed by atoms with Crippen molar-refractivity contribution in [3.05, 3.63) is 86.8 Å². The molecule has 3 N–H and O–H groups in total. The minimum absolute atomic E-state index is 0.0674. The van der Waals surface area contributed by atoms with Gasteiger partial charge in [0.1, 0.15) is 17.4 Å². The average Bonchev–Trinajstić information content (AvgIpc) is 3.06. The highest BCUT2D eigenvalue weighted by Gasteiger charge is 2.35. The number of piperidine rings is 1. The van der Waals surface area contributed by atoms with Crippen LogP contribution in [-0.2, 0) is 35.4 Å². The first kappa shape index (κ1) is 30.2. The van der Waals surface area contributed by atoms with Crippen LogP contribution in [0.1, 0.15) is 58.4 Å². The molecule has 5 aliphatic heterocycles. The van der Waals surface area contributed by atoms with E-state index in [0.717, 1.165) is 48.1 Å². The zero-order valence-electron chi connectivity index (χ0n) is 25.4. The van der Waals surface area contributed by atoms with Gasteiger partial charge in [-0.25, -0.2) is 0 Å². The van der Waals surface area contributed by atoms with Crippen molar-refractivity contribution >= 4 is 17.7 Å². The van der Waals surface area contributed by atoms with E-state index < -0.39 is 12.1 Å². The van der Waals surface area contributed by atoms with Gasteiger partial charge in [-0.2, -0.15) is 0 Å². The van der Waals surface area contributed by atoms with Gasteiger partial charge in [0.2, 0.25) is 5.91 Å². The van der Waals surface area contributed by atoms with Gasteiger partial charge in [0.25, 0.3) is 17.4 Å². The number of amides is 3. The molecule has 6 aliphatic rings. The summed E-state index contributed by atoms with van der Waals surface area (Å²) in [6, 6.07) is 14.0. The number of nitrogens with zero attached hydrogens (tertiary/aromatic N) is 1. The number of carbonyl (C=O) groups is 3.